The van der Waals surface area contributed by atoms with Gasteiger partial charge in [0.2, 0.25) is 0 Å². The van der Waals surface area contributed by atoms with Gasteiger partial charge >= 0.3 is 0 Å². The molecule has 2 saturated carbocycles. The maximum absolute atomic E-state index is 10.6. The molecule has 184 valence electrons. The van der Waals surface area contributed by atoms with E-state index in [2.05, 4.69) is 34.6 Å². The Morgan fingerprint density at radius 1 is 0.774 bits per heavy atom. The molecule has 0 spiro atoms. The summed E-state index contributed by atoms with van der Waals surface area (Å²) in [5, 5.41) is 21.2. The first-order valence-corrected chi connectivity index (χ1v) is 14.2. The fourth-order valence-corrected chi connectivity index (χ4v) is 6.65. The molecule has 0 aromatic heterocycles. The minimum atomic E-state index is -0.529. The Morgan fingerprint density at radius 2 is 1.39 bits per heavy atom. The lowest BCUT2D eigenvalue weighted by atomic mass is 9.72. The van der Waals surface area contributed by atoms with Crippen molar-refractivity contribution in [2.75, 3.05) is 0 Å². The van der Waals surface area contributed by atoms with Crippen LogP contribution in [0.25, 0.3) is 0 Å². The standard InChI is InChI=1S/C29H56O2/c1-6-22(4)27(19-23(5)26-17-11-21(3)12-18-26)9-8-10-28(30)29(31)20-25-15-13-24(7-2)14-16-25/h21-31H,6-20H2,1-5H3/t21-,22?,23?,24?,25?,26+,27?,28?,29?. The molecule has 0 aromatic carbocycles. The van der Waals surface area contributed by atoms with E-state index in [0.717, 1.165) is 54.8 Å². The van der Waals surface area contributed by atoms with Gasteiger partial charge in [0.05, 0.1) is 12.2 Å². The normalized spacial score (nSPS) is 32.2. The van der Waals surface area contributed by atoms with E-state index < -0.39 is 12.2 Å². The Labute approximate surface area is 195 Å². The predicted octanol–water partition coefficient (Wildman–Crippen LogP) is 8.00. The van der Waals surface area contributed by atoms with Gasteiger partial charge in [-0.3, -0.25) is 0 Å². The molecule has 2 nitrogen and oxygen atoms in total. The van der Waals surface area contributed by atoms with E-state index in [1.807, 2.05) is 0 Å². The van der Waals surface area contributed by atoms with E-state index in [9.17, 15) is 10.2 Å². The number of aliphatic hydroxyl groups excluding tert-OH is 2. The summed E-state index contributed by atoms with van der Waals surface area (Å²) in [7, 11) is 0. The Bertz CT molecular complexity index is 448. The van der Waals surface area contributed by atoms with Gasteiger partial charge in [-0.15, -0.1) is 0 Å². The number of hydrogen-bond donors (Lipinski definition) is 2. The minimum absolute atomic E-state index is 0.520. The van der Waals surface area contributed by atoms with E-state index in [1.165, 1.54) is 77.0 Å². The zero-order valence-corrected chi connectivity index (χ0v) is 21.7. The molecule has 2 heteroatoms. The Morgan fingerprint density at radius 3 is 1.97 bits per heavy atom. The van der Waals surface area contributed by atoms with Gasteiger partial charge in [0, 0.05) is 0 Å². The highest BCUT2D eigenvalue weighted by Gasteiger charge is 2.28. The van der Waals surface area contributed by atoms with Gasteiger partial charge in [0.1, 0.15) is 0 Å². The van der Waals surface area contributed by atoms with Crippen molar-refractivity contribution in [3.05, 3.63) is 0 Å². The van der Waals surface area contributed by atoms with Crippen LogP contribution in [0.4, 0.5) is 0 Å². The van der Waals surface area contributed by atoms with Crippen LogP contribution in [-0.2, 0) is 0 Å². The molecule has 2 aliphatic rings. The molecule has 0 saturated heterocycles. The molecule has 31 heavy (non-hydrogen) atoms. The van der Waals surface area contributed by atoms with Crippen molar-refractivity contribution in [2.24, 2.45) is 41.4 Å². The van der Waals surface area contributed by atoms with Crippen LogP contribution >= 0.6 is 0 Å². The van der Waals surface area contributed by atoms with Gasteiger partial charge < -0.3 is 10.2 Å². The minimum Gasteiger partial charge on any atom is -0.390 e. The van der Waals surface area contributed by atoms with Crippen LogP contribution < -0.4 is 0 Å². The summed E-state index contributed by atoms with van der Waals surface area (Å²) >= 11 is 0. The third-order valence-corrected chi connectivity index (χ3v) is 9.63. The van der Waals surface area contributed by atoms with Gasteiger partial charge in [-0.1, -0.05) is 98.8 Å². The zero-order valence-electron chi connectivity index (χ0n) is 21.7. The monoisotopic (exact) mass is 436 g/mol. The average molecular weight is 437 g/mol. The lowest BCUT2D eigenvalue weighted by Gasteiger charge is -2.34. The predicted molar refractivity (Wildman–Crippen MR) is 134 cm³/mol. The summed E-state index contributed by atoms with van der Waals surface area (Å²) in [5.74, 6) is 5.75. The summed E-state index contributed by atoms with van der Waals surface area (Å²) < 4.78 is 0. The van der Waals surface area contributed by atoms with Crippen LogP contribution in [0.1, 0.15) is 131 Å². The SMILES string of the molecule is CCC1CCC(CC(O)C(O)CCCC(CC(C)[C@H]2CC[C@@H](C)CC2)C(C)CC)CC1. The van der Waals surface area contributed by atoms with Crippen molar-refractivity contribution in [2.45, 2.75) is 143 Å². The third-order valence-electron chi connectivity index (χ3n) is 9.63. The van der Waals surface area contributed by atoms with Crippen LogP contribution in [0.15, 0.2) is 0 Å². The molecule has 5 unspecified atom stereocenters. The van der Waals surface area contributed by atoms with Crippen LogP contribution in [0.5, 0.6) is 0 Å². The highest BCUT2D eigenvalue weighted by atomic mass is 16.3. The van der Waals surface area contributed by atoms with Crippen molar-refractivity contribution >= 4 is 0 Å². The lowest BCUT2D eigenvalue weighted by molar-refractivity contribution is -0.00617. The highest BCUT2D eigenvalue weighted by Crippen LogP contribution is 2.38. The van der Waals surface area contributed by atoms with Crippen molar-refractivity contribution in [1.82, 2.24) is 0 Å². The second-order valence-electron chi connectivity index (χ2n) is 12.0. The van der Waals surface area contributed by atoms with Crippen molar-refractivity contribution in [3.63, 3.8) is 0 Å². The lowest BCUT2D eigenvalue weighted by Crippen LogP contribution is -2.30. The molecule has 2 fully saturated rings. The first-order chi connectivity index (χ1) is 14.8. The fourth-order valence-electron chi connectivity index (χ4n) is 6.65. The molecule has 0 aliphatic heterocycles. The average Bonchev–Trinajstić information content (AvgIpc) is 2.78. The topological polar surface area (TPSA) is 40.5 Å². The van der Waals surface area contributed by atoms with E-state index in [1.54, 1.807) is 0 Å². The first kappa shape index (κ1) is 27.2. The van der Waals surface area contributed by atoms with Gasteiger partial charge in [-0.2, -0.15) is 0 Å². The summed E-state index contributed by atoms with van der Waals surface area (Å²) in [6, 6.07) is 0. The van der Waals surface area contributed by atoms with E-state index in [-0.39, 0.29) is 0 Å². The summed E-state index contributed by atoms with van der Waals surface area (Å²) in [6.07, 6.45) is 17.6. The summed E-state index contributed by atoms with van der Waals surface area (Å²) in [5.41, 5.74) is 0. The number of hydrogen-bond acceptors (Lipinski definition) is 2. The Balaban J connectivity index is 1.71. The Kier molecular flexibility index (Phi) is 12.5. The van der Waals surface area contributed by atoms with Gasteiger partial charge in [0.25, 0.3) is 0 Å². The van der Waals surface area contributed by atoms with E-state index in [4.69, 9.17) is 0 Å². The molecule has 0 bridgehead atoms. The molecule has 0 heterocycles. The van der Waals surface area contributed by atoms with Crippen molar-refractivity contribution < 1.29 is 10.2 Å². The van der Waals surface area contributed by atoms with Crippen LogP contribution in [0.3, 0.4) is 0 Å². The number of rotatable bonds is 13. The maximum Gasteiger partial charge on any atom is 0.0801 e. The second kappa shape index (κ2) is 14.2. The van der Waals surface area contributed by atoms with Crippen LogP contribution in [-0.4, -0.2) is 22.4 Å². The highest BCUT2D eigenvalue weighted by molar-refractivity contribution is 4.80. The Hall–Kier alpha value is -0.0800. The quantitative estimate of drug-likeness (QED) is 0.307. The third kappa shape index (κ3) is 9.36. The second-order valence-corrected chi connectivity index (χ2v) is 12.0. The summed E-state index contributed by atoms with van der Waals surface area (Å²) in [4.78, 5) is 0. The van der Waals surface area contributed by atoms with Crippen LogP contribution in [0.2, 0.25) is 0 Å². The molecule has 2 rings (SSSR count). The van der Waals surface area contributed by atoms with Gasteiger partial charge in [-0.05, 0) is 73.5 Å². The van der Waals surface area contributed by atoms with Gasteiger partial charge in [-0.25, -0.2) is 0 Å². The first-order valence-electron chi connectivity index (χ1n) is 14.2. The van der Waals surface area contributed by atoms with Crippen molar-refractivity contribution in [1.29, 1.82) is 0 Å². The maximum atomic E-state index is 10.6. The van der Waals surface area contributed by atoms with Gasteiger partial charge in [0.15, 0.2) is 0 Å². The zero-order chi connectivity index (χ0) is 22.8. The summed E-state index contributed by atoms with van der Waals surface area (Å²) in [6.45, 7) is 12.0. The molecular weight excluding hydrogens is 380 g/mol. The molecule has 0 amide bonds. The van der Waals surface area contributed by atoms with E-state index in [0.29, 0.717) is 5.92 Å². The van der Waals surface area contributed by atoms with Crippen LogP contribution in [0, 0.1) is 41.4 Å². The molecule has 0 radical (unpaired) electrons. The van der Waals surface area contributed by atoms with Crippen molar-refractivity contribution in [3.8, 4) is 0 Å². The molecule has 2 aliphatic carbocycles. The molecular formula is C29H56O2. The largest absolute Gasteiger partial charge is 0.390 e. The number of aliphatic hydroxyl groups is 2. The molecule has 0 aromatic rings. The molecule has 5 atom stereocenters. The smallest absolute Gasteiger partial charge is 0.0801 e. The molecule has 2 N–H and O–H groups in total. The van der Waals surface area contributed by atoms with E-state index >= 15 is 0 Å². The fraction of sp³-hybridized carbons (Fsp3) is 1.00.